The topological polar surface area (TPSA) is 96.1 Å². The molecule has 0 unspecified atom stereocenters. The molecule has 2 amide bonds. The van der Waals surface area contributed by atoms with Crippen molar-refractivity contribution in [3.8, 4) is 0 Å². The maximum atomic E-state index is 11.9. The molecule has 1 fully saturated rings. The zero-order valence-corrected chi connectivity index (χ0v) is 12.9. The first-order valence-electron chi connectivity index (χ1n) is 7.08. The van der Waals surface area contributed by atoms with Gasteiger partial charge in [-0.1, -0.05) is 13.8 Å². The number of methoxy groups -OCH3 is 1. The van der Waals surface area contributed by atoms with Gasteiger partial charge >= 0.3 is 12.0 Å². The molecule has 1 aromatic heterocycles. The lowest BCUT2D eigenvalue weighted by Gasteiger charge is -2.19. The second kappa shape index (κ2) is 5.75. The number of carbonyl (C=O) groups is 2. The SMILES string of the molecule is COC(=O)c1[nH]nc(NC(=O)NCC2(C(C)C)CC2)c1C. The predicted molar refractivity (Wildman–Crippen MR) is 78.2 cm³/mol. The van der Waals surface area contributed by atoms with E-state index in [9.17, 15) is 9.59 Å². The summed E-state index contributed by atoms with van der Waals surface area (Å²) >= 11 is 0. The fourth-order valence-corrected chi connectivity index (χ4v) is 2.35. The second-order valence-corrected chi connectivity index (χ2v) is 5.89. The Labute approximate surface area is 123 Å². The first-order valence-corrected chi connectivity index (χ1v) is 7.08. The van der Waals surface area contributed by atoms with Gasteiger partial charge in [-0.05, 0) is 31.1 Å². The molecule has 1 aromatic rings. The molecule has 7 nitrogen and oxygen atoms in total. The van der Waals surface area contributed by atoms with Crippen LogP contribution in [0.4, 0.5) is 10.6 Å². The van der Waals surface area contributed by atoms with E-state index in [1.54, 1.807) is 6.92 Å². The number of amides is 2. The number of anilines is 1. The summed E-state index contributed by atoms with van der Waals surface area (Å²) in [5.74, 6) is 0.378. The van der Waals surface area contributed by atoms with E-state index in [0.717, 1.165) is 12.8 Å². The number of carbonyl (C=O) groups excluding carboxylic acids is 2. The summed E-state index contributed by atoms with van der Waals surface area (Å²) in [5.41, 5.74) is 1.05. The number of aromatic nitrogens is 2. The number of rotatable bonds is 5. The fourth-order valence-electron chi connectivity index (χ4n) is 2.35. The normalized spacial score (nSPS) is 15.7. The third kappa shape index (κ3) is 3.17. The lowest BCUT2D eigenvalue weighted by molar-refractivity contribution is 0.0593. The van der Waals surface area contributed by atoms with Gasteiger partial charge in [-0.3, -0.25) is 10.4 Å². The van der Waals surface area contributed by atoms with Gasteiger partial charge in [-0.2, -0.15) is 5.10 Å². The summed E-state index contributed by atoms with van der Waals surface area (Å²) in [6.45, 7) is 6.70. The van der Waals surface area contributed by atoms with Crippen LogP contribution in [0.3, 0.4) is 0 Å². The van der Waals surface area contributed by atoms with Gasteiger partial charge in [0.25, 0.3) is 0 Å². The Morgan fingerprint density at radius 2 is 2.10 bits per heavy atom. The molecule has 1 aliphatic rings. The summed E-state index contributed by atoms with van der Waals surface area (Å²) in [6, 6.07) is -0.312. The highest BCUT2D eigenvalue weighted by atomic mass is 16.5. The fraction of sp³-hybridized carbons (Fsp3) is 0.643. The average Bonchev–Trinajstić information content (AvgIpc) is 3.17. The number of ether oxygens (including phenoxy) is 1. The number of urea groups is 1. The summed E-state index contributed by atoms with van der Waals surface area (Å²) in [7, 11) is 1.30. The van der Waals surface area contributed by atoms with Gasteiger partial charge in [0.05, 0.1) is 7.11 Å². The van der Waals surface area contributed by atoms with Crippen molar-refractivity contribution in [2.45, 2.75) is 33.6 Å². The Morgan fingerprint density at radius 1 is 1.43 bits per heavy atom. The molecule has 1 heterocycles. The Morgan fingerprint density at radius 3 is 2.62 bits per heavy atom. The monoisotopic (exact) mass is 294 g/mol. The number of H-pyrrole nitrogens is 1. The van der Waals surface area contributed by atoms with E-state index >= 15 is 0 Å². The van der Waals surface area contributed by atoms with Gasteiger partial charge in [0.15, 0.2) is 5.82 Å². The minimum atomic E-state index is -0.509. The van der Waals surface area contributed by atoms with Gasteiger partial charge in [0.1, 0.15) is 5.69 Å². The van der Waals surface area contributed by atoms with Crippen LogP contribution in [0.1, 0.15) is 42.7 Å². The quantitative estimate of drug-likeness (QED) is 0.724. The van der Waals surface area contributed by atoms with Crippen molar-refractivity contribution in [1.29, 1.82) is 0 Å². The van der Waals surface area contributed by atoms with Gasteiger partial charge in [0, 0.05) is 12.1 Å². The molecule has 21 heavy (non-hydrogen) atoms. The van der Waals surface area contributed by atoms with Crippen LogP contribution in [0.5, 0.6) is 0 Å². The summed E-state index contributed by atoms with van der Waals surface area (Å²) in [6.07, 6.45) is 2.30. The van der Waals surface area contributed by atoms with E-state index in [2.05, 4.69) is 39.4 Å². The summed E-state index contributed by atoms with van der Waals surface area (Å²) < 4.78 is 4.62. The Hall–Kier alpha value is -2.05. The maximum absolute atomic E-state index is 11.9. The third-order valence-electron chi connectivity index (χ3n) is 4.35. The predicted octanol–water partition coefficient (Wildman–Crippen LogP) is 2.06. The lowest BCUT2D eigenvalue weighted by Crippen LogP contribution is -2.35. The zero-order valence-electron chi connectivity index (χ0n) is 12.9. The highest BCUT2D eigenvalue weighted by Crippen LogP contribution is 2.51. The minimum Gasteiger partial charge on any atom is -0.464 e. The van der Waals surface area contributed by atoms with Crippen molar-refractivity contribution in [2.75, 3.05) is 19.0 Å². The van der Waals surface area contributed by atoms with E-state index in [1.807, 2.05) is 0 Å². The Balaban J connectivity index is 1.91. The maximum Gasteiger partial charge on any atom is 0.356 e. The van der Waals surface area contributed by atoms with Crippen LogP contribution in [0.2, 0.25) is 0 Å². The van der Waals surface area contributed by atoms with Crippen molar-refractivity contribution in [3.05, 3.63) is 11.3 Å². The highest BCUT2D eigenvalue weighted by molar-refractivity contribution is 5.94. The molecule has 0 aromatic carbocycles. The minimum absolute atomic E-state index is 0.244. The molecule has 2 rings (SSSR count). The van der Waals surface area contributed by atoms with Crippen LogP contribution in [-0.2, 0) is 4.74 Å². The van der Waals surface area contributed by atoms with Crippen molar-refractivity contribution >= 4 is 17.8 Å². The molecule has 116 valence electrons. The van der Waals surface area contributed by atoms with Crippen LogP contribution < -0.4 is 10.6 Å². The molecule has 0 saturated heterocycles. The van der Waals surface area contributed by atoms with Gasteiger partial charge in [-0.25, -0.2) is 9.59 Å². The smallest absolute Gasteiger partial charge is 0.356 e. The lowest BCUT2D eigenvalue weighted by atomic mass is 9.92. The molecule has 1 aliphatic carbocycles. The van der Waals surface area contributed by atoms with Gasteiger partial charge in [0.2, 0.25) is 0 Å². The molecule has 0 spiro atoms. The molecular weight excluding hydrogens is 272 g/mol. The molecule has 1 saturated carbocycles. The van der Waals surface area contributed by atoms with E-state index in [4.69, 9.17) is 0 Å². The van der Waals surface area contributed by atoms with Crippen LogP contribution in [-0.4, -0.2) is 35.9 Å². The number of aromatic amines is 1. The third-order valence-corrected chi connectivity index (χ3v) is 4.35. The Bertz CT molecular complexity index is 546. The van der Waals surface area contributed by atoms with E-state index in [1.165, 1.54) is 7.11 Å². The van der Waals surface area contributed by atoms with E-state index < -0.39 is 5.97 Å². The number of esters is 1. The first kappa shape index (κ1) is 15.3. The summed E-state index contributed by atoms with van der Waals surface area (Å²) in [4.78, 5) is 23.4. The molecule has 7 heteroatoms. The van der Waals surface area contributed by atoms with Gasteiger partial charge in [-0.15, -0.1) is 0 Å². The average molecular weight is 294 g/mol. The molecule has 0 aliphatic heterocycles. The number of hydrogen-bond donors (Lipinski definition) is 3. The standard InChI is InChI=1S/C14H22N4O3/c1-8(2)14(5-6-14)7-15-13(20)16-11-9(3)10(17-18-11)12(19)21-4/h8H,5-7H2,1-4H3,(H3,15,16,17,18,20). The number of nitrogens with zero attached hydrogens (tertiary/aromatic N) is 1. The van der Waals surface area contributed by atoms with Crippen LogP contribution in [0, 0.1) is 18.3 Å². The largest absolute Gasteiger partial charge is 0.464 e. The molecule has 3 N–H and O–H groups in total. The zero-order chi connectivity index (χ0) is 15.6. The molecule has 0 atom stereocenters. The van der Waals surface area contributed by atoms with E-state index in [-0.39, 0.29) is 17.1 Å². The second-order valence-electron chi connectivity index (χ2n) is 5.89. The number of hydrogen-bond acceptors (Lipinski definition) is 4. The molecule has 0 radical (unpaired) electrons. The summed E-state index contributed by atoms with van der Waals surface area (Å²) in [5, 5.41) is 12.0. The van der Waals surface area contributed by atoms with Crippen LogP contribution in [0.25, 0.3) is 0 Å². The van der Waals surface area contributed by atoms with Crippen LogP contribution in [0.15, 0.2) is 0 Å². The van der Waals surface area contributed by atoms with Crippen molar-refractivity contribution in [3.63, 3.8) is 0 Å². The van der Waals surface area contributed by atoms with Gasteiger partial charge < -0.3 is 10.1 Å². The van der Waals surface area contributed by atoms with Crippen LogP contribution >= 0.6 is 0 Å². The van der Waals surface area contributed by atoms with E-state index in [0.29, 0.717) is 23.8 Å². The number of nitrogens with one attached hydrogen (secondary N) is 3. The van der Waals surface area contributed by atoms with Crippen molar-refractivity contribution in [1.82, 2.24) is 15.5 Å². The highest BCUT2D eigenvalue weighted by Gasteiger charge is 2.45. The van der Waals surface area contributed by atoms with Crippen molar-refractivity contribution in [2.24, 2.45) is 11.3 Å². The first-order chi connectivity index (χ1) is 9.89. The Kier molecular flexibility index (Phi) is 4.20. The molecule has 0 bridgehead atoms. The van der Waals surface area contributed by atoms with Crippen molar-refractivity contribution < 1.29 is 14.3 Å². The molecular formula is C14H22N4O3.